The summed E-state index contributed by atoms with van der Waals surface area (Å²) in [7, 11) is 0. The third-order valence-electron chi connectivity index (χ3n) is 4.23. The number of nitrogens with zero attached hydrogens (tertiary/aromatic N) is 2. The molecule has 1 aromatic rings. The van der Waals surface area contributed by atoms with Crippen LogP contribution in [-0.4, -0.2) is 14.9 Å². The summed E-state index contributed by atoms with van der Waals surface area (Å²) >= 11 is 7.19. The van der Waals surface area contributed by atoms with Crippen LogP contribution in [0.5, 0.6) is 0 Å². The summed E-state index contributed by atoms with van der Waals surface area (Å²) in [4.78, 5) is 16.3. The molecule has 0 amide bonds. The second-order valence-corrected chi connectivity index (χ2v) is 7.01. The van der Waals surface area contributed by atoms with Crippen molar-refractivity contribution >= 4 is 31.9 Å². The Morgan fingerprint density at radius 3 is 2.47 bits per heavy atom. The fourth-order valence-corrected chi connectivity index (χ4v) is 3.97. The standard InChI is InChI=1S/C14H20Br2N2O/c1-10-12(16)11(2)18(13(19)17-10)9-14(8-15)6-4-3-5-7-14/h3-9H2,1-2H3. The van der Waals surface area contributed by atoms with Gasteiger partial charge in [-0.2, -0.15) is 4.98 Å². The molecular weight excluding hydrogens is 372 g/mol. The maximum atomic E-state index is 12.2. The number of aromatic nitrogens is 2. The third-order valence-corrected chi connectivity index (χ3v) is 6.56. The van der Waals surface area contributed by atoms with Crippen LogP contribution in [-0.2, 0) is 6.54 Å². The first kappa shape index (κ1) is 15.2. The van der Waals surface area contributed by atoms with Crippen LogP contribution in [0.3, 0.4) is 0 Å². The molecule has 1 aliphatic carbocycles. The number of aryl methyl sites for hydroxylation is 1. The Bertz CT molecular complexity index is 519. The number of halogens is 2. The van der Waals surface area contributed by atoms with Gasteiger partial charge in [0.25, 0.3) is 0 Å². The number of hydrogen-bond acceptors (Lipinski definition) is 2. The fraction of sp³-hybridized carbons (Fsp3) is 0.714. The third kappa shape index (κ3) is 3.13. The van der Waals surface area contributed by atoms with E-state index in [4.69, 9.17) is 0 Å². The molecular formula is C14H20Br2N2O. The number of rotatable bonds is 3. The zero-order chi connectivity index (χ0) is 14.0. The molecule has 0 spiro atoms. The van der Waals surface area contributed by atoms with E-state index in [2.05, 4.69) is 36.8 Å². The van der Waals surface area contributed by atoms with E-state index in [9.17, 15) is 4.79 Å². The van der Waals surface area contributed by atoms with E-state index >= 15 is 0 Å². The van der Waals surface area contributed by atoms with E-state index < -0.39 is 0 Å². The first-order chi connectivity index (χ1) is 8.99. The van der Waals surface area contributed by atoms with Gasteiger partial charge in [0.1, 0.15) is 0 Å². The molecule has 0 aliphatic heterocycles. The van der Waals surface area contributed by atoms with Gasteiger partial charge in [0.05, 0.1) is 10.2 Å². The molecule has 19 heavy (non-hydrogen) atoms. The smallest absolute Gasteiger partial charge is 0.295 e. The summed E-state index contributed by atoms with van der Waals surface area (Å²) in [5, 5.41) is 0.956. The van der Waals surface area contributed by atoms with Crippen molar-refractivity contribution in [2.45, 2.75) is 52.5 Å². The summed E-state index contributed by atoms with van der Waals surface area (Å²) in [5.41, 5.74) is 1.85. The maximum absolute atomic E-state index is 12.2. The molecule has 0 atom stereocenters. The van der Waals surface area contributed by atoms with Gasteiger partial charge in [0.2, 0.25) is 0 Å². The van der Waals surface area contributed by atoms with E-state index in [1.807, 2.05) is 18.4 Å². The van der Waals surface area contributed by atoms with Crippen molar-refractivity contribution in [2.75, 3.05) is 5.33 Å². The summed E-state index contributed by atoms with van der Waals surface area (Å²) in [5.74, 6) is 0. The molecule has 106 valence electrons. The van der Waals surface area contributed by atoms with Gasteiger partial charge in [-0.05, 0) is 48.0 Å². The second-order valence-electron chi connectivity index (χ2n) is 5.66. The predicted octanol–water partition coefficient (Wildman–Crippen LogP) is 3.97. The fourth-order valence-electron chi connectivity index (χ4n) is 2.93. The lowest BCUT2D eigenvalue weighted by molar-refractivity contribution is 0.186. The van der Waals surface area contributed by atoms with Gasteiger partial charge in [0.15, 0.2) is 0 Å². The van der Waals surface area contributed by atoms with Crippen LogP contribution in [0.4, 0.5) is 0 Å². The van der Waals surface area contributed by atoms with Crippen molar-refractivity contribution in [3.63, 3.8) is 0 Å². The van der Waals surface area contributed by atoms with Crippen LogP contribution in [0.1, 0.15) is 43.5 Å². The Labute approximate surface area is 131 Å². The molecule has 1 aliphatic rings. The highest BCUT2D eigenvalue weighted by molar-refractivity contribution is 9.10. The van der Waals surface area contributed by atoms with E-state index in [0.717, 1.165) is 27.7 Å². The van der Waals surface area contributed by atoms with Gasteiger partial charge in [-0.15, -0.1) is 0 Å². The molecule has 1 heterocycles. The van der Waals surface area contributed by atoms with Crippen molar-refractivity contribution in [2.24, 2.45) is 5.41 Å². The summed E-state index contributed by atoms with van der Waals surface area (Å²) in [6, 6.07) is 0. The molecule has 1 aromatic heterocycles. The van der Waals surface area contributed by atoms with E-state index in [1.54, 1.807) is 0 Å². The van der Waals surface area contributed by atoms with E-state index in [-0.39, 0.29) is 11.1 Å². The Hall–Kier alpha value is -0.160. The van der Waals surface area contributed by atoms with Crippen molar-refractivity contribution in [3.05, 3.63) is 26.3 Å². The van der Waals surface area contributed by atoms with Crippen LogP contribution in [0, 0.1) is 19.3 Å². The summed E-state index contributed by atoms with van der Waals surface area (Å²) < 4.78 is 2.79. The van der Waals surface area contributed by atoms with Crippen molar-refractivity contribution in [1.29, 1.82) is 0 Å². The minimum atomic E-state index is -0.121. The zero-order valence-corrected chi connectivity index (χ0v) is 14.7. The van der Waals surface area contributed by atoms with Gasteiger partial charge < -0.3 is 0 Å². The van der Waals surface area contributed by atoms with Crippen molar-refractivity contribution in [3.8, 4) is 0 Å². The lowest BCUT2D eigenvalue weighted by Gasteiger charge is -2.36. The minimum absolute atomic E-state index is 0.121. The van der Waals surface area contributed by atoms with Crippen LogP contribution < -0.4 is 5.69 Å². The van der Waals surface area contributed by atoms with Gasteiger partial charge in [0, 0.05) is 17.6 Å². The lowest BCUT2D eigenvalue weighted by Crippen LogP contribution is -2.37. The topological polar surface area (TPSA) is 34.9 Å². The first-order valence-electron chi connectivity index (χ1n) is 6.79. The molecule has 0 unspecified atom stereocenters. The predicted molar refractivity (Wildman–Crippen MR) is 85.0 cm³/mol. The minimum Gasteiger partial charge on any atom is -0.295 e. The maximum Gasteiger partial charge on any atom is 0.348 e. The normalized spacial score (nSPS) is 18.5. The molecule has 3 nitrogen and oxygen atoms in total. The zero-order valence-electron chi connectivity index (χ0n) is 11.5. The van der Waals surface area contributed by atoms with Crippen LogP contribution in [0.2, 0.25) is 0 Å². The average molecular weight is 392 g/mol. The lowest BCUT2D eigenvalue weighted by atomic mass is 9.75. The monoisotopic (exact) mass is 390 g/mol. The van der Waals surface area contributed by atoms with E-state index in [1.165, 1.54) is 32.1 Å². The average Bonchev–Trinajstić information content (AvgIpc) is 2.42. The van der Waals surface area contributed by atoms with Gasteiger partial charge in [-0.25, -0.2) is 4.79 Å². The Kier molecular flexibility index (Phi) is 4.88. The molecule has 0 radical (unpaired) electrons. The van der Waals surface area contributed by atoms with Crippen LogP contribution in [0.25, 0.3) is 0 Å². The summed E-state index contributed by atoms with van der Waals surface area (Å²) in [6.45, 7) is 4.63. The Balaban J connectivity index is 2.37. The molecule has 0 aromatic carbocycles. The van der Waals surface area contributed by atoms with E-state index in [0.29, 0.717) is 0 Å². The molecule has 1 saturated carbocycles. The SMILES string of the molecule is Cc1nc(=O)n(CC2(CBr)CCCCC2)c(C)c1Br. The summed E-state index contributed by atoms with van der Waals surface area (Å²) in [6.07, 6.45) is 6.23. The second kappa shape index (κ2) is 6.08. The molecule has 0 bridgehead atoms. The Morgan fingerprint density at radius 1 is 1.26 bits per heavy atom. The molecule has 2 rings (SSSR count). The highest BCUT2D eigenvalue weighted by atomic mass is 79.9. The first-order valence-corrected chi connectivity index (χ1v) is 8.70. The highest BCUT2D eigenvalue weighted by Gasteiger charge is 2.32. The molecule has 0 N–H and O–H groups in total. The quantitative estimate of drug-likeness (QED) is 0.730. The van der Waals surface area contributed by atoms with Crippen molar-refractivity contribution in [1.82, 2.24) is 9.55 Å². The van der Waals surface area contributed by atoms with Gasteiger partial charge in [-0.1, -0.05) is 35.2 Å². The number of hydrogen-bond donors (Lipinski definition) is 0. The largest absolute Gasteiger partial charge is 0.348 e. The molecule has 0 saturated heterocycles. The van der Waals surface area contributed by atoms with Crippen LogP contribution in [0.15, 0.2) is 9.27 Å². The number of alkyl halides is 1. The van der Waals surface area contributed by atoms with Crippen molar-refractivity contribution < 1.29 is 0 Å². The van der Waals surface area contributed by atoms with Gasteiger partial charge in [-0.3, -0.25) is 4.57 Å². The Morgan fingerprint density at radius 2 is 1.89 bits per heavy atom. The molecule has 1 fully saturated rings. The highest BCUT2D eigenvalue weighted by Crippen LogP contribution is 2.39. The van der Waals surface area contributed by atoms with Gasteiger partial charge >= 0.3 is 5.69 Å². The molecule has 5 heteroatoms. The van der Waals surface area contributed by atoms with Crippen LogP contribution >= 0.6 is 31.9 Å².